The highest BCUT2D eigenvalue weighted by Crippen LogP contribution is 2.42. The maximum atomic E-state index is 12.4. The molecule has 2 fully saturated rings. The van der Waals surface area contributed by atoms with Gasteiger partial charge in [-0.05, 0) is 32.8 Å². The molecule has 2 heterocycles. The van der Waals surface area contributed by atoms with Crippen LogP contribution in [-0.4, -0.2) is 46.2 Å². The molecule has 2 saturated heterocycles. The summed E-state index contributed by atoms with van der Waals surface area (Å²) in [4.78, 5) is 46.2. The minimum Gasteiger partial charge on any atom is -0.356 e. The fourth-order valence-corrected chi connectivity index (χ4v) is 3.67. The third kappa shape index (κ3) is 3.79. The first kappa shape index (κ1) is 19.2. The lowest BCUT2D eigenvalue weighted by Crippen LogP contribution is -2.73. The molecule has 0 N–H and O–H groups in total. The van der Waals surface area contributed by atoms with Crippen molar-refractivity contribution in [1.82, 2.24) is 4.90 Å². The summed E-state index contributed by atoms with van der Waals surface area (Å²) in [5.41, 5.74) is -0.119. The van der Waals surface area contributed by atoms with E-state index in [1.165, 1.54) is 24.3 Å². The lowest BCUT2D eigenvalue weighted by Gasteiger charge is -2.58. The molecule has 9 nitrogen and oxygen atoms in total. The van der Waals surface area contributed by atoms with Crippen molar-refractivity contribution in [3.8, 4) is 0 Å². The summed E-state index contributed by atoms with van der Waals surface area (Å²) in [5.74, 6) is -1.09. The van der Waals surface area contributed by atoms with Crippen LogP contribution in [0.15, 0.2) is 24.3 Å². The summed E-state index contributed by atoms with van der Waals surface area (Å²) < 4.78 is 5.62. The van der Waals surface area contributed by atoms with Gasteiger partial charge in [-0.3, -0.25) is 19.8 Å². The largest absolute Gasteiger partial charge is 0.356 e. The molecule has 2 aliphatic heterocycles. The molecule has 0 spiro atoms. The number of fused-ring (bicyclic) bond motifs is 1. The fourth-order valence-electron chi connectivity index (χ4n) is 3.67. The summed E-state index contributed by atoms with van der Waals surface area (Å²) in [6.45, 7) is 5.96. The summed E-state index contributed by atoms with van der Waals surface area (Å²) in [7, 11) is 0. The first-order valence-electron chi connectivity index (χ1n) is 8.77. The smallest absolute Gasteiger partial charge is 0.346 e. The van der Waals surface area contributed by atoms with E-state index in [4.69, 9.17) is 14.5 Å². The molecule has 2 aliphatic rings. The zero-order valence-corrected chi connectivity index (χ0v) is 15.4. The molecule has 0 aromatic heterocycles. The monoisotopic (exact) mass is 378 g/mol. The molecule has 3 rings (SSSR count). The number of nitro benzene ring substituents is 1. The Morgan fingerprint density at radius 1 is 1.41 bits per heavy atom. The Morgan fingerprint density at radius 2 is 2.07 bits per heavy atom. The van der Waals surface area contributed by atoms with E-state index in [0.717, 1.165) is 0 Å². The van der Waals surface area contributed by atoms with Crippen molar-refractivity contribution in [3.63, 3.8) is 0 Å². The van der Waals surface area contributed by atoms with Crippen LogP contribution >= 0.6 is 0 Å². The van der Waals surface area contributed by atoms with E-state index in [0.29, 0.717) is 18.6 Å². The topological polar surface area (TPSA) is 108 Å². The lowest BCUT2D eigenvalue weighted by atomic mass is 9.79. The predicted octanol–water partition coefficient (Wildman–Crippen LogP) is 1.98. The van der Waals surface area contributed by atoms with Gasteiger partial charge >= 0.3 is 5.97 Å². The number of non-ortho nitro benzene ring substituents is 1. The Morgan fingerprint density at radius 3 is 2.70 bits per heavy atom. The van der Waals surface area contributed by atoms with E-state index in [-0.39, 0.29) is 30.0 Å². The maximum absolute atomic E-state index is 12.4. The van der Waals surface area contributed by atoms with Crippen LogP contribution in [-0.2, 0) is 30.5 Å². The van der Waals surface area contributed by atoms with Crippen molar-refractivity contribution in [2.75, 3.05) is 6.61 Å². The van der Waals surface area contributed by atoms with Crippen molar-refractivity contribution in [2.24, 2.45) is 5.92 Å². The zero-order chi connectivity index (χ0) is 19.8. The number of nitro groups is 1. The van der Waals surface area contributed by atoms with Crippen molar-refractivity contribution in [1.29, 1.82) is 0 Å². The molecule has 1 amide bonds. The molecule has 0 bridgehead atoms. The number of rotatable bonds is 6. The molecule has 9 heteroatoms. The molecule has 1 aromatic carbocycles. The standard InChI is InChI=1S/C18H22N2O7/c1-11(16-14-8-9-25-18(2,3)19(14)17(16)22)26-27-15(21)10-12-4-6-13(7-5-12)20(23)24/h4-7,11,14,16H,8-10H2,1-3H3/t11?,14?,16-/m0/s1. The summed E-state index contributed by atoms with van der Waals surface area (Å²) in [6, 6.07) is 5.62. The number of amides is 1. The van der Waals surface area contributed by atoms with E-state index in [2.05, 4.69) is 0 Å². The van der Waals surface area contributed by atoms with Crippen LogP contribution in [0, 0.1) is 16.0 Å². The fraction of sp³-hybridized carbons (Fsp3) is 0.556. The minimum absolute atomic E-state index is 0.00428. The molecular formula is C18H22N2O7. The van der Waals surface area contributed by atoms with Crippen LogP contribution in [0.1, 0.15) is 32.8 Å². The molecule has 146 valence electrons. The van der Waals surface area contributed by atoms with Crippen LogP contribution in [0.4, 0.5) is 5.69 Å². The Kier molecular flexibility index (Phi) is 5.16. The highest BCUT2D eigenvalue weighted by atomic mass is 17.2. The number of ether oxygens (including phenoxy) is 1. The molecule has 2 unspecified atom stereocenters. The normalized spacial score (nSPS) is 24.6. The van der Waals surface area contributed by atoms with Gasteiger partial charge in [0, 0.05) is 12.1 Å². The van der Waals surface area contributed by atoms with Gasteiger partial charge in [-0.15, -0.1) is 0 Å². The quantitative estimate of drug-likeness (QED) is 0.322. The van der Waals surface area contributed by atoms with Gasteiger partial charge in [0.1, 0.15) is 11.8 Å². The number of β-lactam (4-membered cyclic amide) rings is 1. The Balaban J connectivity index is 1.50. The first-order valence-corrected chi connectivity index (χ1v) is 8.77. The number of hydrogen-bond donors (Lipinski definition) is 0. The Bertz CT molecular complexity index is 747. The van der Waals surface area contributed by atoms with Gasteiger partial charge in [-0.25, -0.2) is 4.79 Å². The number of carbonyl (C=O) groups excluding carboxylic acids is 2. The van der Waals surface area contributed by atoms with Gasteiger partial charge in [-0.2, -0.15) is 4.89 Å². The van der Waals surface area contributed by atoms with Crippen molar-refractivity contribution >= 4 is 17.6 Å². The van der Waals surface area contributed by atoms with Crippen molar-refractivity contribution in [3.05, 3.63) is 39.9 Å². The van der Waals surface area contributed by atoms with Crippen LogP contribution in [0.25, 0.3) is 0 Å². The molecule has 0 aliphatic carbocycles. The van der Waals surface area contributed by atoms with Gasteiger partial charge < -0.3 is 9.64 Å². The number of nitrogens with zero attached hydrogens (tertiary/aromatic N) is 2. The second-order valence-corrected chi connectivity index (χ2v) is 7.24. The predicted molar refractivity (Wildman–Crippen MR) is 92.2 cm³/mol. The summed E-state index contributed by atoms with van der Waals surface area (Å²) in [6.07, 6.45) is 0.0535. The lowest BCUT2D eigenvalue weighted by molar-refractivity contribution is -0.384. The van der Waals surface area contributed by atoms with Gasteiger partial charge in [0.2, 0.25) is 5.91 Å². The van der Waals surface area contributed by atoms with Gasteiger partial charge in [-0.1, -0.05) is 12.1 Å². The van der Waals surface area contributed by atoms with Gasteiger partial charge in [0.25, 0.3) is 5.69 Å². The molecule has 3 atom stereocenters. The highest BCUT2D eigenvalue weighted by Gasteiger charge is 2.58. The Hall–Kier alpha value is -2.52. The van der Waals surface area contributed by atoms with Crippen LogP contribution in [0.5, 0.6) is 0 Å². The highest BCUT2D eigenvalue weighted by molar-refractivity contribution is 5.87. The Labute approximate surface area is 156 Å². The van der Waals surface area contributed by atoms with Crippen molar-refractivity contribution in [2.45, 2.75) is 51.5 Å². The SMILES string of the molecule is CC(OOC(=O)Cc1ccc([N+](=O)[O-])cc1)[C@@H]1C(=O)N2C1CCOC2(C)C. The summed E-state index contributed by atoms with van der Waals surface area (Å²) in [5, 5.41) is 10.6. The third-order valence-corrected chi connectivity index (χ3v) is 5.01. The maximum Gasteiger partial charge on any atom is 0.346 e. The zero-order valence-electron chi connectivity index (χ0n) is 15.4. The number of benzene rings is 1. The third-order valence-electron chi connectivity index (χ3n) is 5.01. The van der Waals surface area contributed by atoms with E-state index in [9.17, 15) is 19.7 Å². The van der Waals surface area contributed by atoms with Crippen LogP contribution in [0.2, 0.25) is 0 Å². The van der Waals surface area contributed by atoms with Gasteiger partial charge in [0.15, 0.2) is 0 Å². The van der Waals surface area contributed by atoms with E-state index in [1.54, 1.807) is 11.8 Å². The van der Waals surface area contributed by atoms with Crippen LogP contribution in [0.3, 0.4) is 0 Å². The van der Waals surface area contributed by atoms with E-state index in [1.807, 2.05) is 13.8 Å². The molecule has 27 heavy (non-hydrogen) atoms. The average molecular weight is 378 g/mol. The number of hydrogen-bond acceptors (Lipinski definition) is 7. The molecular weight excluding hydrogens is 356 g/mol. The number of carbonyl (C=O) groups is 2. The molecule has 1 aromatic rings. The van der Waals surface area contributed by atoms with Crippen LogP contribution < -0.4 is 0 Å². The summed E-state index contributed by atoms with van der Waals surface area (Å²) >= 11 is 0. The second-order valence-electron chi connectivity index (χ2n) is 7.24. The van der Waals surface area contributed by atoms with Gasteiger partial charge in [0.05, 0.1) is 29.9 Å². The van der Waals surface area contributed by atoms with E-state index < -0.39 is 22.7 Å². The average Bonchev–Trinajstić information content (AvgIpc) is 2.59. The van der Waals surface area contributed by atoms with E-state index >= 15 is 0 Å². The minimum atomic E-state index is -0.636. The molecule has 0 saturated carbocycles. The first-order chi connectivity index (χ1) is 12.7. The van der Waals surface area contributed by atoms with Crippen molar-refractivity contribution < 1.29 is 29.0 Å². The molecule has 0 radical (unpaired) electrons. The second kappa shape index (κ2) is 7.24.